The third-order valence-electron chi connectivity index (χ3n) is 1.51. The average molecular weight is 197 g/mol. The average Bonchev–Trinajstić information content (AvgIpc) is 1.97. The summed E-state index contributed by atoms with van der Waals surface area (Å²) in [4.78, 5) is 10.2. The third-order valence-corrected chi connectivity index (χ3v) is 1.51. The zero-order chi connectivity index (χ0) is 8.69. The van der Waals surface area contributed by atoms with Gasteiger partial charge in [0.05, 0.1) is 0 Å². The van der Waals surface area contributed by atoms with Gasteiger partial charge in [-0.05, 0) is 26.4 Å². The number of nitrogens with one attached hydrogen (secondary N) is 1. The first kappa shape index (κ1) is 14.2. The first-order valence-corrected chi connectivity index (χ1v) is 3.81. The third kappa shape index (κ3) is 7.78. The molecule has 0 aliphatic heterocycles. The number of halogens is 1. The fourth-order valence-electron chi connectivity index (χ4n) is 0.790. The van der Waals surface area contributed by atoms with E-state index in [9.17, 15) is 4.79 Å². The minimum Gasteiger partial charge on any atom is -0.480 e. The van der Waals surface area contributed by atoms with Gasteiger partial charge in [-0.15, -0.1) is 12.4 Å². The fourth-order valence-corrected chi connectivity index (χ4v) is 0.790. The number of unbranched alkanes of at least 4 members (excludes halogenated alkanes) is 1. The molecule has 0 fully saturated rings. The topological polar surface area (TPSA) is 75.3 Å². The summed E-state index contributed by atoms with van der Waals surface area (Å²) in [7, 11) is 1.87. The van der Waals surface area contributed by atoms with Crippen LogP contribution in [0.15, 0.2) is 0 Å². The molecule has 0 aromatic rings. The van der Waals surface area contributed by atoms with E-state index in [2.05, 4.69) is 5.32 Å². The summed E-state index contributed by atoms with van der Waals surface area (Å²) in [6.45, 7) is 0.923. The Balaban J connectivity index is 0. The highest BCUT2D eigenvalue weighted by atomic mass is 35.5. The largest absolute Gasteiger partial charge is 0.480 e. The summed E-state index contributed by atoms with van der Waals surface area (Å²) >= 11 is 0. The van der Waals surface area contributed by atoms with Crippen molar-refractivity contribution < 1.29 is 9.90 Å². The Morgan fingerprint density at radius 2 is 2.17 bits per heavy atom. The van der Waals surface area contributed by atoms with Gasteiger partial charge in [0.25, 0.3) is 0 Å². The van der Waals surface area contributed by atoms with Gasteiger partial charge in [0.15, 0.2) is 0 Å². The summed E-state index contributed by atoms with van der Waals surface area (Å²) in [5, 5.41) is 11.4. The first-order valence-electron chi connectivity index (χ1n) is 3.81. The van der Waals surface area contributed by atoms with Crippen molar-refractivity contribution in [3.05, 3.63) is 0 Å². The lowest BCUT2D eigenvalue weighted by molar-refractivity contribution is -0.138. The van der Waals surface area contributed by atoms with Crippen LogP contribution in [0.2, 0.25) is 0 Å². The highest BCUT2D eigenvalue weighted by Crippen LogP contribution is 1.97. The maximum Gasteiger partial charge on any atom is 0.320 e. The molecule has 5 heteroatoms. The molecule has 0 aromatic heterocycles. The Bertz CT molecular complexity index is 122. The van der Waals surface area contributed by atoms with Crippen LogP contribution in [-0.4, -0.2) is 30.7 Å². The van der Waals surface area contributed by atoms with Gasteiger partial charge in [0, 0.05) is 0 Å². The molecule has 0 saturated carbocycles. The molecule has 0 spiro atoms. The number of aliphatic carboxylic acids is 1. The molecule has 0 aliphatic rings. The number of hydrogen-bond acceptors (Lipinski definition) is 3. The maximum absolute atomic E-state index is 10.2. The molecule has 0 aromatic carbocycles. The zero-order valence-corrected chi connectivity index (χ0v) is 8.06. The van der Waals surface area contributed by atoms with Crippen molar-refractivity contribution in [1.82, 2.24) is 5.32 Å². The number of hydrogen-bond donors (Lipinski definition) is 3. The molecule has 0 bridgehead atoms. The van der Waals surface area contributed by atoms with E-state index in [-0.39, 0.29) is 12.4 Å². The van der Waals surface area contributed by atoms with Crippen molar-refractivity contribution in [1.29, 1.82) is 0 Å². The van der Waals surface area contributed by atoms with Crippen LogP contribution in [0.3, 0.4) is 0 Å². The van der Waals surface area contributed by atoms with Crippen LogP contribution < -0.4 is 11.1 Å². The van der Waals surface area contributed by atoms with Crippen LogP contribution in [0, 0.1) is 0 Å². The summed E-state index contributed by atoms with van der Waals surface area (Å²) in [6, 6.07) is -0.688. The zero-order valence-electron chi connectivity index (χ0n) is 7.25. The van der Waals surface area contributed by atoms with Crippen LogP contribution in [0.4, 0.5) is 0 Å². The van der Waals surface area contributed by atoms with E-state index in [1.54, 1.807) is 0 Å². The minimum absolute atomic E-state index is 0. The highest BCUT2D eigenvalue weighted by Gasteiger charge is 2.09. The van der Waals surface area contributed by atoms with Crippen LogP contribution in [-0.2, 0) is 4.79 Å². The summed E-state index contributed by atoms with van der Waals surface area (Å²) in [5.74, 6) is -0.908. The van der Waals surface area contributed by atoms with Crippen molar-refractivity contribution in [2.75, 3.05) is 13.6 Å². The van der Waals surface area contributed by atoms with Gasteiger partial charge in [0.2, 0.25) is 0 Å². The molecule has 4 nitrogen and oxygen atoms in total. The fraction of sp³-hybridized carbons (Fsp3) is 0.857. The Kier molecular flexibility index (Phi) is 10.4. The Morgan fingerprint density at radius 3 is 2.58 bits per heavy atom. The normalized spacial score (nSPS) is 11.8. The van der Waals surface area contributed by atoms with Gasteiger partial charge >= 0.3 is 5.97 Å². The SMILES string of the molecule is CNCCCC[C@H](N)C(=O)O.Cl. The molecule has 0 radical (unpaired) electrons. The summed E-state index contributed by atoms with van der Waals surface area (Å²) in [6.07, 6.45) is 2.42. The van der Waals surface area contributed by atoms with E-state index in [4.69, 9.17) is 10.8 Å². The maximum atomic E-state index is 10.2. The molecule has 0 aliphatic carbocycles. The highest BCUT2D eigenvalue weighted by molar-refractivity contribution is 5.85. The van der Waals surface area contributed by atoms with E-state index >= 15 is 0 Å². The molecule has 1 atom stereocenters. The lowest BCUT2D eigenvalue weighted by Gasteiger charge is -2.04. The smallest absolute Gasteiger partial charge is 0.320 e. The lowest BCUT2D eigenvalue weighted by Crippen LogP contribution is -2.29. The lowest BCUT2D eigenvalue weighted by atomic mass is 10.1. The van der Waals surface area contributed by atoms with E-state index in [1.807, 2.05) is 7.05 Å². The van der Waals surface area contributed by atoms with Crippen LogP contribution in [0.1, 0.15) is 19.3 Å². The van der Waals surface area contributed by atoms with E-state index in [0.29, 0.717) is 6.42 Å². The molecular weight excluding hydrogens is 180 g/mol. The Hall–Kier alpha value is -0.320. The van der Waals surface area contributed by atoms with Crippen molar-refractivity contribution in [3.8, 4) is 0 Å². The number of carbonyl (C=O) groups is 1. The van der Waals surface area contributed by atoms with Gasteiger partial charge in [-0.1, -0.05) is 6.42 Å². The van der Waals surface area contributed by atoms with Crippen LogP contribution >= 0.6 is 12.4 Å². The molecule has 0 heterocycles. The molecule has 4 N–H and O–H groups in total. The Labute approximate surface area is 78.9 Å². The van der Waals surface area contributed by atoms with E-state index in [1.165, 1.54) is 0 Å². The predicted molar refractivity (Wildman–Crippen MR) is 50.6 cm³/mol. The van der Waals surface area contributed by atoms with Gasteiger partial charge in [-0.2, -0.15) is 0 Å². The van der Waals surface area contributed by atoms with E-state index < -0.39 is 12.0 Å². The second-order valence-electron chi connectivity index (χ2n) is 2.54. The molecule has 0 amide bonds. The predicted octanol–water partition coefficient (Wildman–Crippen LogP) is 0.210. The number of rotatable bonds is 6. The standard InChI is InChI=1S/C7H16N2O2.ClH/c1-9-5-3-2-4-6(8)7(10)11;/h6,9H,2-5,8H2,1H3,(H,10,11);1H/t6-;/m0./s1. The second-order valence-corrected chi connectivity index (χ2v) is 2.54. The van der Waals surface area contributed by atoms with Gasteiger partial charge in [0.1, 0.15) is 6.04 Å². The summed E-state index contributed by atoms with van der Waals surface area (Å²) in [5.41, 5.74) is 5.28. The molecular formula is C7H17ClN2O2. The van der Waals surface area contributed by atoms with Crippen molar-refractivity contribution >= 4 is 18.4 Å². The van der Waals surface area contributed by atoms with E-state index in [0.717, 1.165) is 19.4 Å². The number of nitrogens with two attached hydrogens (primary N) is 1. The first-order chi connectivity index (χ1) is 5.18. The second kappa shape index (κ2) is 8.77. The van der Waals surface area contributed by atoms with Gasteiger partial charge < -0.3 is 16.2 Å². The van der Waals surface area contributed by atoms with Gasteiger partial charge in [-0.3, -0.25) is 4.79 Å². The monoisotopic (exact) mass is 196 g/mol. The van der Waals surface area contributed by atoms with Crippen molar-refractivity contribution in [2.24, 2.45) is 5.73 Å². The quantitative estimate of drug-likeness (QED) is 0.531. The molecule has 74 valence electrons. The minimum atomic E-state index is -0.908. The summed E-state index contributed by atoms with van der Waals surface area (Å²) < 4.78 is 0. The number of carboxylic acids is 1. The van der Waals surface area contributed by atoms with Crippen molar-refractivity contribution in [2.45, 2.75) is 25.3 Å². The van der Waals surface area contributed by atoms with Crippen LogP contribution in [0.25, 0.3) is 0 Å². The number of carboxylic acid groups (broad SMARTS) is 1. The van der Waals surface area contributed by atoms with Crippen molar-refractivity contribution in [3.63, 3.8) is 0 Å². The molecule has 0 unspecified atom stereocenters. The van der Waals surface area contributed by atoms with Gasteiger partial charge in [-0.25, -0.2) is 0 Å². The molecule has 0 rings (SSSR count). The molecule has 12 heavy (non-hydrogen) atoms. The Morgan fingerprint density at radius 1 is 1.58 bits per heavy atom. The molecule has 0 saturated heterocycles. The van der Waals surface area contributed by atoms with Crippen LogP contribution in [0.5, 0.6) is 0 Å².